The molecule has 0 aromatic heterocycles. The zero-order valence-corrected chi connectivity index (χ0v) is 20.5. The Hall–Kier alpha value is -0.240. The Bertz CT molecular complexity index is 515. The summed E-state index contributed by atoms with van der Waals surface area (Å²) in [6, 6.07) is 8.48. The minimum Gasteiger partial charge on any atom is -1.00 e. The molecule has 27 heavy (non-hydrogen) atoms. The third kappa shape index (κ3) is 12.8. The number of aryl methyl sites for hydroxylation is 1. The molecule has 1 aromatic rings. The molecule has 4 nitrogen and oxygen atoms in total. The van der Waals surface area contributed by atoms with E-state index in [9.17, 15) is 4.79 Å². The minimum atomic E-state index is 0. The minimum absolute atomic E-state index is 0. The SMILES string of the molecule is C[N+](C)(C)CCCNC(=O)CCCc1ccc(N([13CH2][13CH2]Cl)[13CH2][13CH2]Cl)cc1.[I-]. The molecular weight excluding hydrogens is 500 g/mol. The fraction of sp³-hybridized carbons (Fsp3) is 0.650. The molecule has 0 bridgehead atoms. The molecule has 0 radical (unpaired) electrons. The van der Waals surface area contributed by atoms with Crippen LogP contribution in [-0.4, -0.2) is 69.5 Å². The van der Waals surface area contributed by atoms with E-state index in [1.54, 1.807) is 0 Å². The number of carbonyl (C=O) groups excluding carboxylic acids is 1. The average Bonchev–Trinajstić information content (AvgIpc) is 2.58. The van der Waals surface area contributed by atoms with Crippen LogP contribution in [0.5, 0.6) is 0 Å². The first kappa shape index (κ1) is 26.8. The van der Waals surface area contributed by atoms with Crippen molar-refractivity contribution in [3.63, 3.8) is 0 Å². The van der Waals surface area contributed by atoms with Gasteiger partial charge in [0.15, 0.2) is 0 Å². The Kier molecular flexibility index (Phi) is 14.6. The highest BCUT2D eigenvalue weighted by Crippen LogP contribution is 2.16. The molecule has 7 heteroatoms. The highest BCUT2D eigenvalue weighted by Gasteiger charge is 2.08. The predicted molar refractivity (Wildman–Crippen MR) is 114 cm³/mol. The van der Waals surface area contributed by atoms with Gasteiger partial charge in [-0.1, -0.05) is 12.1 Å². The summed E-state index contributed by atoms with van der Waals surface area (Å²) in [5, 5.41) is 3.01. The van der Waals surface area contributed by atoms with Gasteiger partial charge >= 0.3 is 0 Å². The molecule has 0 fully saturated rings. The van der Waals surface area contributed by atoms with E-state index in [-0.39, 0.29) is 29.9 Å². The zero-order chi connectivity index (χ0) is 19.4. The largest absolute Gasteiger partial charge is 1.00 e. The topological polar surface area (TPSA) is 32.3 Å². The van der Waals surface area contributed by atoms with E-state index < -0.39 is 0 Å². The van der Waals surface area contributed by atoms with E-state index in [0.29, 0.717) is 18.2 Å². The second-order valence-corrected chi connectivity index (χ2v) is 8.36. The van der Waals surface area contributed by atoms with Gasteiger partial charge in [0.2, 0.25) is 5.91 Å². The molecule has 0 aliphatic rings. The van der Waals surface area contributed by atoms with E-state index in [1.165, 1.54) is 5.56 Å². The van der Waals surface area contributed by atoms with Crippen LogP contribution in [0, 0.1) is 0 Å². The maximum atomic E-state index is 11.9. The van der Waals surface area contributed by atoms with Crippen LogP contribution in [-0.2, 0) is 11.2 Å². The Morgan fingerprint density at radius 2 is 1.63 bits per heavy atom. The lowest BCUT2D eigenvalue weighted by atomic mass is 10.1. The van der Waals surface area contributed by atoms with Crippen molar-refractivity contribution in [3.8, 4) is 0 Å². The van der Waals surface area contributed by atoms with Crippen molar-refractivity contribution >= 4 is 34.8 Å². The summed E-state index contributed by atoms with van der Waals surface area (Å²) < 4.78 is 0.930. The molecule has 1 rings (SSSR count). The van der Waals surface area contributed by atoms with Gasteiger partial charge in [0.1, 0.15) is 0 Å². The number of alkyl halides is 2. The van der Waals surface area contributed by atoms with Gasteiger partial charge in [-0.05, 0) is 30.5 Å². The van der Waals surface area contributed by atoms with Crippen molar-refractivity contribution in [2.45, 2.75) is 25.7 Å². The molecule has 1 amide bonds. The second-order valence-electron chi connectivity index (χ2n) is 7.60. The average molecular weight is 534 g/mol. The Morgan fingerprint density at radius 3 is 2.15 bits per heavy atom. The molecule has 0 saturated heterocycles. The van der Waals surface area contributed by atoms with E-state index in [2.05, 4.69) is 55.6 Å². The maximum Gasteiger partial charge on any atom is 0.220 e. The molecule has 1 N–H and O–H groups in total. The summed E-state index contributed by atoms with van der Waals surface area (Å²) in [6.07, 6.45) is 3.37. The van der Waals surface area contributed by atoms with Gasteiger partial charge in [0.05, 0.1) is 27.7 Å². The van der Waals surface area contributed by atoms with Gasteiger partial charge in [0.25, 0.3) is 0 Å². The van der Waals surface area contributed by atoms with Crippen molar-refractivity contribution in [2.75, 3.05) is 64.0 Å². The number of hydrogen-bond donors (Lipinski definition) is 1. The highest BCUT2D eigenvalue weighted by atomic mass is 127. The maximum absolute atomic E-state index is 11.9. The van der Waals surface area contributed by atoms with Gasteiger partial charge in [-0.15, -0.1) is 23.2 Å². The fourth-order valence-electron chi connectivity index (χ4n) is 2.77. The summed E-state index contributed by atoms with van der Waals surface area (Å²) in [6.45, 7) is 3.42. The molecule has 0 unspecified atom stereocenters. The van der Waals surface area contributed by atoms with Crippen LogP contribution in [0.2, 0.25) is 0 Å². The van der Waals surface area contributed by atoms with E-state index in [4.69, 9.17) is 23.2 Å². The van der Waals surface area contributed by atoms with Crippen LogP contribution in [0.3, 0.4) is 0 Å². The van der Waals surface area contributed by atoms with E-state index in [0.717, 1.165) is 55.6 Å². The third-order valence-corrected chi connectivity index (χ3v) is 4.55. The summed E-state index contributed by atoms with van der Waals surface area (Å²) >= 11 is 11.7. The van der Waals surface area contributed by atoms with Gasteiger partial charge in [-0.25, -0.2) is 0 Å². The van der Waals surface area contributed by atoms with Gasteiger partial charge in [0, 0.05) is 49.9 Å². The lowest BCUT2D eigenvalue weighted by Crippen LogP contribution is -3.00. The van der Waals surface area contributed by atoms with Crippen molar-refractivity contribution in [1.29, 1.82) is 0 Å². The second kappa shape index (κ2) is 14.7. The molecule has 0 aliphatic carbocycles. The lowest BCUT2D eigenvalue weighted by molar-refractivity contribution is -0.870. The third-order valence-electron chi connectivity index (χ3n) is 4.21. The predicted octanol–water partition coefficient (Wildman–Crippen LogP) is 0.510. The van der Waals surface area contributed by atoms with Crippen LogP contribution < -0.4 is 34.2 Å². The van der Waals surface area contributed by atoms with Crippen molar-refractivity contribution in [1.82, 2.24) is 5.32 Å². The molecule has 156 valence electrons. The summed E-state index contributed by atoms with van der Waals surface area (Å²) in [4.78, 5) is 14.1. The van der Waals surface area contributed by atoms with Crippen molar-refractivity contribution < 1.29 is 33.3 Å². The first-order chi connectivity index (χ1) is 12.4. The van der Waals surface area contributed by atoms with E-state index in [1.807, 2.05) is 0 Å². The molecule has 1 aromatic carbocycles. The number of benzene rings is 1. The number of carbonyl (C=O) groups is 1. The molecule has 0 saturated carbocycles. The zero-order valence-electron chi connectivity index (χ0n) is 16.8. The standard InChI is InChI=1S/C20H33Cl2N3O.HI/c1-25(2,3)17-5-14-23-20(26)7-4-6-18-8-10-19(11-9-18)24(15-12-21)16-13-22;/h8-11H,4-7,12-17H2,1-3H3;1H/i12+1,13+1,15+1,16+1;. The van der Waals surface area contributed by atoms with Gasteiger partial charge in [-0.2, -0.15) is 0 Å². The quantitative estimate of drug-likeness (QED) is 0.132. The number of rotatable bonds is 13. The number of nitrogens with one attached hydrogen (secondary N) is 1. The molecule has 0 aliphatic heterocycles. The van der Waals surface area contributed by atoms with Crippen molar-refractivity contribution in [3.05, 3.63) is 29.8 Å². The number of halogens is 3. The molecule has 0 atom stereocenters. The Balaban J connectivity index is 0.00000676. The van der Waals surface area contributed by atoms with Crippen LogP contribution in [0.4, 0.5) is 5.69 Å². The van der Waals surface area contributed by atoms with Crippen LogP contribution in [0.1, 0.15) is 24.8 Å². The monoisotopic (exact) mass is 533 g/mol. The summed E-state index contributed by atoms with van der Waals surface area (Å²) in [7, 11) is 6.49. The van der Waals surface area contributed by atoms with E-state index >= 15 is 0 Å². The molecular formula is C20H34Cl2IN3O. The van der Waals surface area contributed by atoms with Crippen LogP contribution in [0.15, 0.2) is 24.3 Å². The van der Waals surface area contributed by atoms with Gasteiger partial charge < -0.3 is 38.7 Å². The van der Waals surface area contributed by atoms with Crippen LogP contribution in [0.25, 0.3) is 0 Å². The fourth-order valence-corrected chi connectivity index (χ4v) is 3.18. The first-order valence-corrected chi connectivity index (χ1v) is 10.5. The summed E-state index contributed by atoms with van der Waals surface area (Å²) in [5.74, 6) is 1.32. The lowest BCUT2D eigenvalue weighted by Gasteiger charge is -2.23. The van der Waals surface area contributed by atoms with Crippen molar-refractivity contribution in [2.24, 2.45) is 0 Å². The number of quaternary nitrogens is 1. The summed E-state index contributed by atoms with van der Waals surface area (Å²) in [5.41, 5.74) is 2.40. The Morgan fingerprint density at radius 1 is 1.04 bits per heavy atom. The van der Waals surface area contributed by atoms with Crippen LogP contribution >= 0.6 is 23.2 Å². The smallest absolute Gasteiger partial charge is 0.220 e. The number of amides is 1. The highest BCUT2D eigenvalue weighted by molar-refractivity contribution is 6.18. The number of anilines is 1. The van der Waals surface area contributed by atoms with Gasteiger partial charge in [-0.3, -0.25) is 4.79 Å². The molecule has 0 spiro atoms. The normalized spacial score (nSPS) is 11.0. The number of hydrogen-bond acceptors (Lipinski definition) is 2. The Labute approximate surface area is 192 Å². The first-order valence-electron chi connectivity index (χ1n) is 9.38. The number of nitrogens with zero attached hydrogens (tertiary/aromatic N) is 2. The molecule has 0 heterocycles.